The van der Waals surface area contributed by atoms with E-state index in [1.54, 1.807) is 11.0 Å². The fraction of sp³-hybridized carbons (Fsp3) is 0.190. The van der Waals surface area contributed by atoms with Gasteiger partial charge < -0.3 is 4.90 Å². The third kappa shape index (κ3) is 2.62. The SMILES string of the molecule is CN1/C(=C\C=N/n2cnnc2-c2ccccc2)C(C)(C)c2ccccc21. The van der Waals surface area contributed by atoms with Crippen LogP contribution < -0.4 is 4.90 Å². The topological polar surface area (TPSA) is 46.3 Å². The van der Waals surface area contributed by atoms with Gasteiger partial charge in [0.05, 0.1) is 0 Å². The number of nitrogens with zero attached hydrogens (tertiary/aromatic N) is 5. The highest BCUT2D eigenvalue weighted by Gasteiger charge is 2.37. The normalized spacial score (nSPS) is 17.2. The molecular weight excluding hydrogens is 322 g/mol. The van der Waals surface area contributed by atoms with Crippen molar-refractivity contribution in [2.75, 3.05) is 11.9 Å². The predicted octanol–water partition coefficient (Wildman–Crippen LogP) is 4.09. The molecule has 0 bridgehead atoms. The Bertz CT molecular complexity index is 982. The highest BCUT2D eigenvalue weighted by atomic mass is 15.4. The number of fused-ring (bicyclic) bond motifs is 1. The van der Waals surface area contributed by atoms with Gasteiger partial charge in [-0.2, -0.15) is 9.78 Å². The lowest BCUT2D eigenvalue weighted by Gasteiger charge is -2.23. The molecule has 26 heavy (non-hydrogen) atoms. The number of rotatable bonds is 3. The molecule has 1 aliphatic rings. The molecule has 0 aliphatic carbocycles. The van der Waals surface area contributed by atoms with Crippen molar-refractivity contribution in [1.82, 2.24) is 14.9 Å². The minimum atomic E-state index is -0.0627. The molecule has 0 amide bonds. The van der Waals surface area contributed by atoms with Gasteiger partial charge in [-0.3, -0.25) is 0 Å². The van der Waals surface area contributed by atoms with E-state index in [1.807, 2.05) is 36.5 Å². The maximum absolute atomic E-state index is 4.53. The molecule has 0 unspecified atom stereocenters. The van der Waals surface area contributed by atoms with Crippen LogP contribution in [0, 0.1) is 0 Å². The Labute approximate surface area is 153 Å². The van der Waals surface area contributed by atoms with Crippen LogP contribution in [0.25, 0.3) is 11.4 Å². The van der Waals surface area contributed by atoms with Crippen molar-refractivity contribution in [2.45, 2.75) is 19.3 Å². The van der Waals surface area contributed by atoms with Crippen molar-refractivity contribution >= 4 is 11.9 Å². The molecule has 0 N–H and O–H groups in total. The summed E-state index contributed by atoms with van der Waals surface area (Å²) in [5.41, 5.74) is 4.70. The summed E-state index contributed by atoms with van der Waals surface area (Å²) in [6.45, 7) is 4.48. The molecule has 130 valence electrons. The number of allylic oxidation sites excluding steroid dienone is 2. The zero-order chi connectivity index (χ0) is 18.1. The van der Waals surface area contributed by atoms with Crippen LogP contribution in [0.3, 0.4) is 0 Å². The van der Waals surface area contributed by atoms with Crippen molar-refractivity contribution < 1.29 is 0 Å². The van der Waals surface area contributed by atoms with Crippen LogP contribution in [-0.4, -0.2) is 28.1 Å². The molecule has 0 saturated heterocycles. The van der Waals surface area contributed by atoms with Gasteiger partial charge in [-0.1, -0.05) is 62.4 Å². The van der Waals surface area contributed by atoms with Crippen molar-refractivity contribution in [3.05, 3.63) is 78.3 Å². The lowest BCUT2D eigenvalue weighted by Crippen LogP contribution is -2.23. The Morgan fingerprint density at radius 1 is 1.00 bits per heavy atom. The fourth-order valence-corrected chi connectivity index (χ4v) is 3.57. The number of aromatic nitrogens is 3. The summed E-state index contributed by atoms with van der Waals surface area (Å²) >= 11 is 0. The van der Waals surface area contributed by atoms with Gasteiger partial charge >= 0.3 is 0 Å². The van der Waals surface area contributed by atoms with Crippen molar-refractivity contribution in [3.8, 4) is 11.4 Å². The van der Waals surface area contributed by atoms with Crippen LogP contribution in [0.1, 0.15) is 19.4 Å². The Morgan fingerprint density at radius 2 is 1.73 bits per heavy atom. The smallest absolute Gasteiger partial charge is 0.184 e. The average Bonchev–Trinajstić information content (AvgIpc) is 3.20. The van der Waals surface area contributed by atoms with E-state index in [9.17, 15) is 0 Å². The molecule has 0 saturated carbocycles. The largest absolute Gasteiger partial charge is 0.347 e. The van der Waals surface area contributed by atoms with Crippen molar-refractivity contribution in [3.63, 3.8) is 0 Å². The number of para-hydroxylation sites is 1. The number of anilines is 1. The van der Waals surface area contributed by atoms with Crippen LogP contribution >= 0.6 is 0 Å². The Kier molecular flexibility index (Phi) is 3.92. The summed E-state index contributed by atoms with van der Waals surface area (Å²) in [4.78, 5) is 2.23. The molecule has 2 heterocycles. The zero-order valence-corrected chi connectivity index (χ0v) is 15.2. The first-order chi connectivity index (χ1) is 12.6. The molecular formula is C21H21N5. The first-order valence-corrected chi connectivity index (χ1v) is 8.63. The summed E-state index contributed by atoms with van der Waals surface area (Å²) in [6, 6.07) is 18.5. The van der Waals surface area contributed by atoms with Crippen LogP contribution in [0.4, 0.5) is 5.69 Å². The van der Waals surface area contributed by atoms with Gasteiger partial charge in [-0.25, -0.2) is 0 Å². The molecule has 0 atom stereocenters. The van der Waals surface area contributed by atoms with Gasteiger partial charge in [0.1, 0.15) is 6.33 Å². The van der Waals surface area contributed by atoms with Gasteiger partial charge in [-0.15, -0.1) is 10.2 Å². The minimum Gasteiger partial charge on any atom is -0.347 e. The van der Waals surface area contributed by atoms with Gasteiger partial charge in [-0.05, 0) is 17.7 Å². The minimum absolute atomic E-state index is 0.0627. The van der Waals surface area contributed by atoms with E-state index in [1.165, 1.54) is 16.9 Å². The maximum Gasteiger partial charge on any atom is 0.184 e. The first kappa shape index (κ1) is 16.3. The van der Waals surface area contributed by atoms with Gasteiger partial charge in [0.15, 0.2) is 5.82 Å². The Balaban J connectivity index is 1.65. The summed E-state index contributed by atoms with van der Waals surface area (Å²) < 4.78 is 1.70. The predicted molar refractivity (Wildman–Crippen MR) is 105 cm³/mol. The molecule has 0 fully saturated rings. The third-order valence-electron chi connectivity index (χ3n) is 4.93. The lowest BCUT2D eigenvalue weighted by atomic mass is 9.84. The van der Waals surface area contributed by atoms with Gasteiger partial charge in [0, 0.05) is 35.6 Å². The molecule has 1 aromatic heterocycles. The fourth-order valence-electron chi connectivity index (χ4n) is 3.57. The van der Waals surface area contributed by atoms with Crippen LogP contribution in [0.15, 0.2) is 77.8 Å². The monoisotopic (exact) mass is 343 g/mol. The molecule has 5 nitrogen and oxygen atoms in total. The van der Waals surface area contributed by atoms with Gasteiger partial charge in [0.25, 0.3) is 0 Å². The zero-order valence-electron chi connectivity index (χ0n) is 15.2. The summed E-state index contributed by atoms with van der Waals surface area (Å²) in [5, 5.41) is 12.7. The van der Waals surface area contributed by atoms with E-state index in [2.05, 4.69) is 71.4 Å². The third-order valence-corrected chi connectivity index (χ3v) is 4.93. The van der Waals surface area contributed by atoms with E-state index in [4.69, 9.17) is 0 Å². The van der Waals surface area contributed by atoms with E-state index in [0.717, 1.165) is 11.4 Å². The number of likely N-dealkylation sites (N-methyl/N-ethyl adjacent to an activating group) is 1. The van der Waals surface area contributed by atoms with Crippen LogP contribution in [-0.2, 0) is 5.41 Å². The molecule has 3 aromatic rings. The Morgan fingerprint density at radius 3 is 2.50 bits per heavy atom. The van der Waals surface area contributed by atoms with Crippen LogP contribution in [0.5, 0.6) is 0 Å². The molecule has 5 heteroatoms. The van der Waals surface area contributed by atoms with Crippen molar-refractivity contribution in [2.24, 2.45) is 5.10 Å². The Hall–Kier alpha value is -3.21. The lowest BCUT2D eigenvalue weighted by molar-refractivity contribution is 0.641. The van der Waals surface area contributed by atoms with E-state index in [-0.39, 0.29) is 5.41 Å². The number of hydrogen-bond donors (Lipinski definition) is 0. The van der Waals surface area contributed by atoms with E-state index in [0.29, 0.717) is 0 Å². The second kappa shape index (κ2) is 6.26. The second-order valence-electron chi connectivity index (χ2n) is 6.88. The summed E-state index contributed by atoms with van der Waals surface area (Å²) in [6.07, 6.45) is 5.50. The average molecular weight is 343 g/mol. The quantitative estimate of drug-likeness (QED) is 0.673. The summed E-state index contributed by atoms with van der Waals surface area (Å²) in [7, 11) is 2.10. The van der Waals surface area contributed by atoms with Gasteiger partial charge in [0.2, 0.25) is 0 Å². The molecule has 1 aliphatic heterocycles. The maximum atomic E-state index is 4.53. The molecule has 0 radical (unpaired) electrons. The number of benzene rings is 2. The highest BCUT2D eigenvalue weighted by Crippen LogP contribution is 2.46. The summed E-state index contributed by atoms with van der Waals surface area (Å²) in [5.74, 6) is 0.725. The van der Waals surface area contributed by atoms with Crippen LogP contribution in [0.2, 0.25) is 0 Å². The molecule has 0 spiro atoms. The standard InChI is InChI=1S/C21H21N5/c1-21(2)17-11-7-8-12-18(17)25(3)19(21)13-14-23-26-15-22-24-20(26)16-9-5-4-6-10-16/h4-15H,1-3H3/b19-13-,23-14-. The molecule has 2 aromatic carbocycles. The first-order valence-electron chi connectivity index (χ1n) is 8.63. The van der Waals surface area contributed by atoms with E-state index < -0.39 is 0 Å². The molecule has 4 rings (SSSR count). The second-order valence-corrected chi connectivity index (χ2v) is 6.88. The van der Waals surface area contributed by atoms with E-state index >= 15 is 0 Å². The highest BCUT2D eigenvalue weighted by molar-refractivity contribution is 5.79. The number of hydrogen-bond acceptors (Lipinski definition) is 4. The van der Waals surface area contributed by atoms with Crippen molar-refractivity contribution in [1.29, 1.82) is 0 Å².